The zero-order valence-corrected chi connectivity index (χ0v) is 18.2. The second-order valence-electron chi connectivity index (χ2n) is 10.0. The van der Waals surface area contributed by atoms with Gasteiger partial charge in [-0.2, -0.15) is 0 Å². The van der Waals surface area contributed by atoms with Crippen molar-refractivity contribution in [2.24, 2.45) is 40.7 Å². The van der Waals surface area contributed by atoms with Crippen LogP contribution in [0.15, 0.2) is 5.16 Å². The van der Waals surface area contributed by atoms with Gasteiger partial charge in [-0.1, -0.05) is 5.16 Å². The highest BCUT2D eigenvalue weighted by Crippen LogP contribution is 2.58. The van der Waals surface area contributed by atoms with Crippen molar-refractivity contribution in [3.63, 3.8) is 0 Å². The minimum atomic E-state index is 0.0322. The molecule has 4 atom stereocenters. The summed E-state index contributed by atoms with van der Waals surface area (Å²) in [6.45, 7) is 0. The van der Waals surface area contributed by atoms with Crippen LogP contribution in [0.1, 0.15) is 64.2 Å². The monoisotopic (exact) mass is 450 g/mol. The van der Waals surface area contributed by atoms with Crippen LogP contribution in [0.3, 0.4) is 0 Å². The average Bonchev–Trinajstić information content (AvgIpc) is 2.58. The average molecular weight is 452 g/mol. The molecule has 8 aliphatic rings. The van der Waals surface area contributed by atoms with Gasteiger partial charge in [0.1, 0.15) is 5.78 Å². The molecule has 0 aromatic rings. The van der Waals surface area contributed by atoms with Gasteiger partial charge in [-0.05, 0) is 76.0 Å². The number of nitrogens with zero attached hydrogens (tertiary/aromatic N) is 1. The molecule has 8 saturated carbocycles. The standard InChI is InChI=1S/C10H14ClNO.C10H13ClO.ClH2NO/c11-10-3-6-1-7(4-10)9(12-13)8(2-6)5-10;11-10-3-6-1-7(4-10)9(12)8(2-6)5-10;1-2-3/h6-8,13H,1-5H2;6-8H,1-5H2;2-3H. The number of nitrogens with one attached hydrogen (secondary N) is 1. The van der Waals surface area contributed by atoms with E-state index in [1.807, 2.05) is 0 Å². The Morgan fingerprint density at radius 1 is 0.821 bits per heavy atom. The third kappa shape index (κ3) is 3.94. The van der Waals surface area contributed by atoms with Crippen molar-refractivity contribution in [1.29, 1.82) is 0 Å². The zero-order valence-electron chi connectivity index (χ0n) is 15.9. The Kier molecular flexibility index (Phi) is 5.96. The number of Topliss-reactive ketones (excluding diaryl/α,β-unsaturated/α-hetero) is 1. The number of oxime groups is 1. The summed E-state index contributed by atoms with van der Waals surface area (Å²) in [5, 5.41) is 19.5. The largest absolute Gasteiger partial charge is 0.411 e. The first kappa shape index (κ1) is 21.2. The van der Waals surface area contributed by atoms with Gasteiger partial charge < -0.3 is 10.4 Å². The fourth-order valence-corrected chi connectivity index (χ4v) is 8.67. The van der Waals surface area contributed by atoms with Crippen molar-refractivity contribution in [2.45, 2.75) is 74.0 Å². The predicted molar refractivity (Wildman–Crippen MR) is 109 cm³/mol. The van der Waals surface area contributed by atoms with Crippen LogP contribution in [0.4, 0.5) is 0 Å². The number of halogens is 3. The van der Waals surface area contributed by atoms with Gasteiger partial charge in [0.2, 0.25) is 0 Å². The fraction of sp³-hybridized carbons (Fsp3) is 0.900. The molecule has 8 fully saturated rings. The van der Waals surface area contributed by atoms with Gasteiger partial charge >= 0.3 is 0 Å². The summed E-state index contributed by atoms with van der Waals surface area (Å²) in [4.78, 5) is 13.0. The van der Waals surface area contributed by atoms with Crippen molar-refractivity contribution >= 4 is 46.5 Å². The minimum absolute atomic E-state index is 0.0322. The molecule has 0 aromatic carbocycles. The van der Waals surface area contributed by atoms with Crippen LogP contribution < -0.4 is 5.00 Å². The Balaban J connectivity index is 0.000000121. The zero-order chi connectivity index (χ0) is 20.1. The maximum absolute atomic E-state index is 11.7. The number of ketones is 1. The molecule has 0 saturated heterocycles. The third-order valence-corrected chi connectivity index (χ3v) is 8.91. The summed E-state index contributed by atoms with van der Waals surface area (Å²) in [7, 11) is 0. The number of hydrogen-bond donors (Lipinski definition) is 3. The Labute approximate surface area is 181 Å². The first-order valence-corrected chi connectivity index (χ1v) is 11.5. The van der Waals surface area contributed by atoms with Gasteiger partial charge in [0.15, 0.2) is 0 Å². The molecule has 3 N–H and O–H groups in total. The molecule has 28 heavy (non-hydrogen) atoms. The molecule has 0 aromatic heterocycles. The number of carbonyl (C=O) groups excluding carboxylic acids is 1. The molecule has 0 amide bonds. The van der Waals surface area contributed by atoms with Crippen molar-refractivity contribution < 1.29 is 15.2 Å². The van der Waals surface area contributed by atoms with E-state index in [0.717, 1.165) is 56.1 Å². The summed E-state index contributed by atoms with van der Waals surface area (Å²) in [6, 6.07) is 0. The molecule has 0 aliphatic heterocycles. The van der Waals surface area contributed by atoms with Crippen LogP contribution in [0.2, 0.25) is 0 Å². The van der Waals surface area contributed by atoms with Crippen molar-refractivity contribution in [2.75, 3.05) is 0 Å². The van der Waals surface area contributed by atoms with Gasteiger partial charge in [-0.3, -0.25) is 4.79 Å². The summed E-state index contributed by atoms with van der Waals surface area (Å²) in [5.41, 5.74) is 1.05. The maximum Gasteiger partial charge on any atom is 0.139 e. The normalized spacial score (nSPS) is 49.3. The van der Waals surface area contributed by atoms with E-state index in [4.69, 9.17) is 33.6 Å². The van der Waals surface area contributed by atoms with Gasteiger partial charge in [0.05, 0.1) is 5.71 Å². The van der Waals surface area contributed by atoms with Crippen molar-refractivity contribution in [3.8, 4) is 0 Å². The molecule has 8 heteroatoms. The highest BCUT2D eigenvalue weighted by atomic mass is 35.5. The summed E-state index contributed by atoms with van der Waals surface area (Å²) >= 11 is 17.3. The Hall–Kier alpha value is -0.0700. The maximum atomic E-state index is 11.7. The lowest BCUT2D eigenvalue weighted by Crippen LogP contribution is -2.52. The van der Waals surface area contributed by atoms with Crippen LogP contribution in [-0.4, -0.2) is 31.7 Å². The van der Waals surface area contributed by atoms with E-state index in [1.165, 1.54) is 30.7 Å². The van der Waals surface area contributed by atoms with E-state index in [9.17, 15) is 4.79 Å². The fourth-order valence-electron chi connectivity index (χ4n) is 7.48. The minimum Gasteiger partial charge on any atom is -0.411 e. The lowest BCUT2D eigenvalue weighted by atomic mass is 9.55. The van der Waals surface area contributed by atoms with Gasteiger partial charge in [-0.15, -0.1) is 28.2 Å². The molecule has 8 bridgehead atoms. The summed E-state index contributed by atoms with van der Waals surface area (Å²) < 4.78 is 0. The predicted octanol–water partition coefficient (Wildman–Crippen LogP) is 5.13. The molecule has 0 spiro atoms. The quantitative estimate of drug-likeness (QED) is 0.206. The first-order chi connectivity index (χ1) is 13.3. The topological polar surface area (TPSA) is 81.9 Å². The summed E-state index contributed by atoms with van der Waals surface area (Å²) in [5.74, 6) is 3.78. The van der Waals surface area contributed by atoms with E-state index in [2.05, 4.69) is 16.9 Å². The lowest BCUT2D eigenvalue weighted by Gasteiger charge is -2.53. The van der Waals surface area contributed by atoms with E-state index in [1.54, 1.807) is 0 Å². The lowest BCUT2D eigenvalue weighted by molar-refractivity contribution is -0.138. The van der Waals surface area contributed by atoms with E-state index in [0.29, 0.717) is 29.5 Å². The van der Waals surface area contributed by atoms with Crippen LogP contribution in [0.25, 0.3) is 0 Å². The smallest absolute Gasteiger partial charge is 0.139 e. The molecule has 0 heterocycles. The first-order valence-electron chi connectivity index (χ1n) is 10.4. The molecule has 5 nitrogen and oxygen atoms in total. The molecule has 4 unspecified atom stereocenters. The number of carbonyl (C=O) groups is 1. The number of hydrogen-bond acceptors (Lipinski definition) is 5. The second-order valence-corrected chi connectivity index (χ2v) is 11.8. The van der Waals surface area contributed by atoms with Gasteiger partial charge in [-0.25, -0.2) is 0 Å². The molecule has 8 rings (SSSR count). The molecule has 8 aliphatic carbocycles. The van der Waals surface area contributed by atoms with Crippen molar-refractivity contribution in [3.05, 3.63) is 0 Å². The highest BCUT2D eigenvalue weighted by molar-refractivity contribution is 6.25. The van der Waals surface area contributed by atoms with Crippen LogP contribution >= 0.6 is 35.0 Å². The van der Waals surface area contributed by atoms with Gasteiger partial charge in [0, 0.05) is 45.2 Å². The second kappa shape index (κ2) is 7.88. The van der Waals surface area contributed by atoms with E-state index < -0.39 is 0 Å². The third-order valence-electron chi connectivity index (χ3n) is 7.99. The van der Waals surface area contributed by atoms with Crippen LogP contribution in [0, 0.1) is 35.5 Å². The number of rotatable bonds is 0. The Morgan fingerprint density at radius 3 is 1.54 bits per heavy atom. The molecular weight excluding hydrogens is 423 g/mol. The molecule has 158 valence electrons. The number of alkyl halides is 2. The highest BCUT2D eigenvalue weighted by Gasteiger charge is 2.54. The van der Waals surface area contributed by atoms with Crippen LogP contribution in [-0.2, 0) is 4.79 Å². The van der Waals surface area contributed by atoms with E-state index >= 15 is 0 Å². The summed E-state index contributed by atoms with van der Waals surface area (Å²) in [6.07, 6.45) is 11.1. The van der Waals surface area contributed by atoms with Gasteiger partial charge in [0.25, 0.3) is 0 Å². The SMILES string of the molecule is O=C1C2CC3CC1CC(Cl)(C3)C2.ON=C1C2CC3CC1CC(Cl)(C3)C2.ONCl. The Morgan fingerprint density at radius 2 is 1.18 bits per heavy atom. The van der Waals surface area contributed by atoms with Crippen molar-refractivity contribution in [1.82, 2.24) is 5.00 Å². The Bertz CT molecular complexity index is 623. The van der Waals surface area contributed by atoms with Crippen LogP contribution in [0.5, 0.6) is 0 Å². The molecule has 0 radical (unpaired) electrons. The molecular formula is C20H29Cl3N2O3. The van der Waals surface area contributed by atoms with E-state index in [-0.39, 0.29) is 9.75 Å².